The van der Waals surface area contributed by atoms with Crippen molar-refractivity contribution in [2.75, 3.05) is 7.11 Å². The van der Waals surface area contributed by atoms with Crippen LogP contribution in [0, 0.1) is 6.92 Å². The van der Waals surface area contributed by atoms with Crippen LogP contribution in [0.15, 0.2) is 67.0 Å². The highest BCUT2D eigenvalue weighted by Gasteiger charge is 2.13. The second kappa shape index (κ2) is 6.61. The number of carboxylic acid groups (broad SMARTS) is 1. The van der Waals surface area contributed by atoms with Crippen molar-refractivity contribution in [2.24, 2.45) is 0 Å². The number of hydrogen-bond donors (Lipinski definition) is 1. The molecule has 2 aromatic carbocycles. The summed E-state index contributed by atoms with van der Waals surface area (Å²) >= 11 is 0. The first-order valence-electron chi connectivity index (χ1n) is 8.52. The van der Waals surface area contributed by atoms with Crippen LogP contribution in [-0.4, -0.2) is 27.6 Å². The monoisotopic (exact) mass is 358 g/mol. The van der Waals surface area contributed by atoms with Gasteiger partial charge < -0.3 is 9.84 Å². The fourth-order valence-electron chi connectivity index (χ4n) is 3.21. The van der Waals surface area contributed by atoms with E-state index in [2.05, 4.69) is 24.0 Å². The van der Waals surface area contributed by atoms with Crippen LogP contribution in [0.2, 0.25) is 0 Å². The van der Waals surface area contributed by atoms with Crippen LogP contribution < -0.4 is 4.74 Å². The molecule has 0 saturated heterocycles. The van der Waals surface area contributed by atoms with Gasteiger partial charge in [0.2, 0.25) is 0 Å². The van der Waals surface area contributed by atoms with Gasteiger partial charge in [-0.15, -0.1) is 0 Å². The average Bonchev–Trinajstić information content (AvgIpc) is 3.10. The van der Waals surface area contributed by atoms with Gasteiger partial charge in [-0.05, 0) is 42.3 Å². The van der Waals surface area contributed by atoms with Crippen molar-refractivity contribution in [3.63, 3.8) is 0 Å². The maximum Gasteiger partial charge on any atom is 0.339 e. The van der Waals surface area contributed by atoms with E-state index in [0.717, 1.165) is 28.0 Å². The number of carbonyl (C=O) groups is 1. The van der Waals surface area contributed by atoms with Crippen LogP contribution in [0.4, 0.5) is 0 Å². The summed E-state index contributed by atoms with van der Waals surface area (Å²) in [7, 11) is 1.47. The molecule has 5 nitrogen and oxygen atoms in total. The van der Waals surface area contributed by atoms with Crippen LogP contribution in [0.1, 0.15) is 15.9 Å². The lowest BCUT2D eigenvalue weighted by molar-refractivity contribution is 0.0693. The van der Waals surface area contributed by atoms with Crippen molar-refractivity contribution in [3.05, 3.63) is 78.1 Å². The van der Waals surface area contributed by atoms with Gasteiger partial charge in [0.05, 0.1) is 18.8 Å². The number of fused-ring (bicyclic) bond motifs is 1. The van der Waals surface area contributed by atoms with E-state index in [1.165, 1.54) is 12.7 Å². The van der Waals surface area contributed by atoms with E-state index >= 15 is 0 Å². The topological polar surface area (TPSA) is 63.8 Å². The summed E-state index contributed by atoms with van der Waals surface area (Å²) in [6, 6.07) is 17.3. The molecular weight excluding hydrogens is 340 g/mol. The number of hydrogen-bond acceptors (Lipinski definition) is 3. The molecule has 4 rings (SSSR count). The first kappa shape index (κ1) is 16.8. The van der Waals surface area contributed by atoms with Gasteiger partial charge in [-0.3, -0.25) is 4.40 Å². The number of pyridine rings is 1. The molecule has 0 aliphatic carbocycles. The van der Waals surface area contributed by atoms with Crippen molar-refractivity contribution in [1.29, 1.82) is 0 Å². The lowest BCUT2D eigenvalue weighted by atomic mass is 10.0. The van der Waals surface area contributed by atoms with E-state index in [-0.39, 0.29) is 5.56 Å². The summed E-state index contributed by atoms with van der Waals surface area (Å²) in [6.45, 7) is 2.06. The molecule has 0 atom stereocenters. The number of rotatable bonds is 4. The van der Waals surface area contributed by atoms with Gasteiger partial charge in [-0.2, -0.15) is 0 Å². The molecule has 27 heavy (non-hydrogen) atoms. The summed E-state index contributed by atoms with van der Waals surface area (Å²) in [5, 5.41) is 9.26. The third kappa shape index (κ3) is 3.04. The number of aryl methyl sites for hydroxylation is 1. The first-order valence-corrected chi connectivity index (χ1v) is 8.52. The number of ether oxygens (including phenoxy) is 1. The smallest absolute Gasteiger partial charge is 0.339 e. The number of aromatic nitrogens is 2. The normalized spacial score (nSPS) is 10.9. The molecule has 4 aromatic rings. The van der Waals surface area contributed by atoms with Crippen LogP contribution in [0.5, 0.6) is 5.75 Å². The number of benzene rings is 2. The Morgan fingerprint density at radius 2 is 1.85 bits per heavy atom. The van der Waals surface area contributed by atoms with E-state index in [4.69, 9.17) is 4.74 Å². The van der Waals surface area contributed by atoms with E-state index in [9.17, 15) is 9.90 Å². The number of carboxylic acids is 1. The highest BCUT2D eigenvalue weighted by atomic mass is 16.5. The molecule has 0 bridgehead atoms. The van der Waals surface area contributed by atoms with Crippen molar-refractivity contribution >= 4 is 11.5 Å². The van der Waals surface area contributed by atoms with Crippen LogP contribution >= 0.6 is 0 Å². The zero-order chi connectivity index (χ0) is 19.0. The van der Waals surface area contributed by atoms with Crippen molar-refractivity contribution in [3.8, 4) is 28.3 Å². The molecule has 0 fully saturated rings. The zero-order valence-electron chi connectivity index (χ0n) is 15.0. The van der Waals surface area contributed by atoms with Gasteiger partial charge in [0, 0.05) is 11.8 Å². The summed E-state index contributed by atoms with van der Waals surface area (Å²) in [5.74, 6) is 0.194. The predicted octanol–water partition coefficient (Wildman–Crippen LogP) is 4.68. The summed E-state index contributed by atoms with van der Waals surface area (Å²) in [5.41, 5.74) is 5.18. The third-order valence-electron chi connectivity index (χ3n) is 4.57. The second-order valence-electron chi connectivity index (χ2n) is 6.38. The molecule has 0 saturated carbocycles. The van der Waals surface area contributed by atoms with E-state index in [1.807, 2.05) is 41.1 Å². The number of imidazole rings is 1. The molecule has 5 heteroatoms. The second-order valence-corrected chi connectivity index (χ2v) is 6.38. The number of aromatic carboxylic acids is 1. The van der Waals surface area contributed by atoms with Gasteiger partial charge in [0.15, 0.2) is 0 Å². The summed E-state index contributed by atoms with van der Waals surface area (Å²) < 4.78 is 7.29. The molecule has 134 valence electrons. The Labute approximate surface area is 156 Å². The van der Waals surface area contributed by atoms with Crippen LogP contribution in [0.25, 0.3) is 28.0 Å². The largest absolute Gasteiger partial charge is 0.496 e. The molecule has 1 N–H and O–H groups in total. The Hall–Kier alpha value is -3.60. The molecule has 0 aliphatic heterocycles. The van der Waals surface area contributed by atoms with Crippen molar-refractivity contribution in [1.82, 2.24) is 9.38 Å². The minimum absolute atomic E-state index is 0.144. The fraction of sp³-hybridized carbons (Fsp3) is 0.0909. The van der Waals surface area contributed by atoms with Crippen molar-refractivity contribution < 1.29 is 14.6 Å². The summed E-state index contributed by atoms with van der Waals surface area (Å²) in [4.78, 5) is 15.9. The molecule has 0 radical (unpaired) electrons. The third-order valence-corrected chi connectivity index (χ3v) is 4.57. The predicted molar refractivity (Wildman–Crippen MR) is 104 cm³/mol. The standard InChI is InChI=1S/C22H18N2O3/c1-14-4-3-5-16(10-14)21-23-12-18-8-6-17(13-24(18)21)15-7-9-19(22(25)26)20(11-15)27-2/h3-13H,1-2H3,(H,25,26). The summed E-state index contributed by atoms with van der Waals surface area (Å²) in [6.07, 6.45) is 3.85. The molecule has 0 aliphatic rings. The Bertz CT molecular complexity index is 1160. The SMILES string of the molecule is COc1cc(-c2ccc3cnc(-c4cccc(C)c4)n3c2)ccc1C(=O)O. The highest BCUT2D eigenvalue weighted by Crippen LogP contribution is 2.29. The van der Waals surface area contributed by atoms with Gasteiger partial charge >= 0.3 is 5.97 Å². The molecule has 0 amide bonds. The maximum atomic E-state index is 11.3. The Balaban J connectivity index is 1.84. The van der Waals surface area contributed by atoms with Gasteiger partial charge in [0.25, 0.3) is 0 Å². The Kier molecular flexibility index (Phi) is 4.12. The lowest BCUT2D eigenvalue weighted by Crippen LogP contribution is -2.00. The van der Waals surface area contributed by atoms with Crippen LogP contribution in [0.3, 0.4) is 0 Å². The number of nitrogens with zero attached hydrogens (tertiary/aromatic N) is 2. The Morgan fingerprint density at radius 1 is 1.04 bits per heavy atom. The maximum absolute atomic E-state index is 11.3. The Morgan fingerprint density at radius 3 is 2.59 bits per heavy atom. The molecule has 0 unspecified atom stereocenters. The molecular formula is C22H18N2O3. The van der Waals surface area contributed by atoms with Gasteiger partial charge in [-0.1, -0.05) is 35.9 Å². The fourth-order valence-corrected chi connectivity index (χ4v) is 3.21. The quantitative estimate of drug-likeness (QED) is 0.575. The van der Waals surface area contributed by atoms with Crippen molar-refractivity contribution in [2.45, 2.75) is 6.92 Å². The highest BCUT2D eigenvalue weighted by molar-refractivity contribution is 5.92. The molecule has 2 heterocycles. The average molecular weight is 358 g/mol. The number of methoxy groups -OCH3 is 1. The minimum atomic E-state index is -1.01. The first-order chi connectivity index (χ1) is 13.1. The van der Waals surface area contributed by atoms with E-state index in [1.54, 1.807) is 18.2 Å². The minimum Gasteiger partial charge on any atom is -0.496 e. The lowest BCUT2D eigenvalue weighted by Gasteiger charge is -2.09. The van der Waals surface area contributed by atoms with Gasteiger partial charge in [0.1, 0.15) is 17.1 Å². The van der Waals surface area contributed by atoms with Gasteiger partial charge in [-0.25, -0.2) is 9.78 Å². The van der Waals surface area contributed by atoms with E-state index in [0.29, 0.717) is 5.75 Å². The zero-order valence-corrected chi connectivity index (χ0v) is 15.0. The van der Waals surface area contributed by atoms with E-state index < -0.39 is 5.97 Å². The molecule has 2 aromatic heterocycles. The van der Waals surface area contributed by atoms with Crippen LogP contribution in [-0.2, 0) is 0 Å². The molecule has 0 spiro atoms.